The smallest absolute Gasteiger partial charge is 0.323 e. The number of esters is 2. The van der Waals surface area contributed by atoms with Crippen LogP contribution < -0.4 is 5.32 Å². The quantitative estimate of drug-likeness (QED) is 0.244. The molecule has 1 fully saturated rings. The van der Waals surface area contributed by atoms with Crippen molar-refractivity contribution in [1.82, 2.24) is 5.32 Å². The number of Topliss-reactive ketones (excluding diaryl/α,β-unsaturated/α-hetero) is 1. The molecule has 1 aliphatic carbocycles. The minimum absolute atomic E-state index is 0.0637. The van der Waals surface area contributed by atoms with Crippen LogP contribution in [0.4, 0.5) is 0 Å². The number of rotatable bonds is 8. The van der Waals surface area contributed by atoms with Crippen molar-refractivity contribution in [2.45, 2.75) is 18.9 Å². The van der Waals surface area contributed by atoms with Crippen molar-refractivity contribution in [3.05, 3.63) is 82.9 Å². The van der Waals surface area contributed by atoms with Gasteiger partial charge < -0.3 is 14.8 Å². The predicted octanol–water partition coefficient (Wildman–Crippen LogP) is 3.57. The lowest BCUT2D eigenvalue weighted by Crippen LogP contribution is -2.46. The van der Waals surface area contributed by atoms with E-state index in [1.165, 1.54) is 20.3 Å². The molecule has 1 aliphatic rings. The van der Waals surface area contributed by atoms with Crippen molar-refractivity contribution in [1.29, 1.82) is 0 Å². The number of ether oxygens (including phenoxy) is 2. The van der Waals surface area contributed by atoms with Gasteiger partial charge in [-0.25, -0.2) is 0 Å². The Morgan fingerprint density at radius 1 is 1.03 bits per heavy atom. The third-order valence-corrected chi connectivity index (χ3v) is 6.89. The number of hydrogen-bond donors (Lipinski definition) is 1. The zero-order valence-electron chi connectivity index (χ0n) is 19.0. The highest BCUT2D eigenvalue weighted by Gasteiger charge is 2.66. The molecule has 178 valence electrons. The highest BCUT2D eigenvalue weighted by atomic mass is 79.9. The molecule has 34 heavy (non-hydrogen) atoms. The van der Waals surface area contributed by atoms with E-state index in [4.69, 9.17) is 9.47 Å². The van der Waals surface area contributed by atoms with Crippen molar-refractivity contribution in [2.24, 2.45) is 17.3 Å². The molecule has 2 aromatic rings. The SMILES string of the molecule is C=C[C@H]1CC(C(=O)OC)(C(=O)OC)[C@H](c2ccccc2)[C@H]1C(=O)C(=O)NCc1ccc(Br)cc1. The number of benzene rings is 2. The van der Waals surface area contributed by atoms with Crippen molar-refractivity contribution >= 4 is 39.6 Å². The predicted molar refractivity (Wildman–Crippen MR) is 128 cm³/mol. The molecule has 3 atom stereocenters. The Balaban J connectivity index is 2.01. The van der Waals surface area contributed by atoms with E-state index in [2.05, 4.69) is 27.8 Å². The highest BCUT2D eigenvalue weighted by molar-refractivity contribution is 9.10. The lowest BCUT2D eigenvalue weighted by atomic mass is 9.70. The standard InChI is InChI=1S/C26H26BrNO6/c1-4-17-14-26(24(31)33-2,25(32)34-3)21(18-8-6-5-7-9-18)20(17)22(29)23(30)28-15-16-10-12-19(27)13-11-16/h4-13,17,20-21H,1,14-15H2,2-3H3,(H,28,30)/t17-,20-,21+/m0/s1. The van der Waals surface area contributed by atoms with Gasteiger partial charge in [0.15, 0.2) is 5.41 Å². The second-order valence-electron chi connectivity index (χ2n) is 8.15. The molecule has 7 nitrogen and oxygen atoms in total. The maximum absolute atomic E-state index is 13.5. The summed E-state index contributed by atoms with van der Waals surface area (Å²) in [4.78, 5) is 52.6. The fraction of sp³-hybridized carbons (Fsp3) is 0.308. The molecule has 8 heteroatoms. The number of amides is 1. The van der Waals surface area contributed by atoms with Gasteiger partial charge in [0.1, 0.15) is 0 Å². The average Bonchev–Trinajstić information content (AvgIpc) is 3.23. The van der Waals surface area contributed by atoms with E-state index >= 15 is 0 Å². The topological polar surface area (TPSA) is 98.8 Å². The monoisotopic (exact) mass is 527 g/mol. The Labute approximate surface area is 206 Å². The van der Waals surface area contributed by atoms with E-state index in [0.29, 0.717) is 5.56 Å². The normalized spacial score (nSPS) is 20.7. The molecular formula is C26H26BrNO6. The summed E-state index contributed by atoms with van der Waals surface area (Å²) in [5.74, 6) is -5.77. The minimum Gasteiger partial charge on any atom is -0.468 e. The number of methoxy groups -OCH3 is 2. The van der Waals surface area contributed by atoms with Crippen LogP contribution in [0.25, 0.3) is 0 Å². The third kappa shape index (κ3) is 4.68. The van der Waals surface area contributed by atoms with Crippen LogP contribution in [0.5, 0.6) is 0 Å². The molecule has 2 aromatic carbocycles. The fourth-order valence-corrected chi connectivity index (χ4v) is 5.06. The molecule has 0 spiro atoms. The van der Waals surface area contributed by atoms with Gasteiger partial charge in [-0.15, -0.1) is 6.58 Å². The Hall–Kier alpha value is -3.26. The van der Waals surface area contributed by atoms with Crippen LogP contribution >= 0.6 is 15.9 Å². The van der Waals surface area contributed by atoms with Gasteiger partial charge in [0.2, 0.25) is 5.78 Å². The fourth-order valence-electron chi connectivity index (χ4n) is 4.80. The summed E-state index contributed by atoms with van der Waals surface area (Å²) >= 11 is 3.36. The number of carbonyl (C=O) groups is 4. The molecule has 1 saturated carbocycles. The third-order valence-electron chi connectivity index (χ3n) is 6.36. The van der Waals surface area contributed by atoms with Gasteiger partial charge >= 0.3 is 11.9 Å². The summed E-state index contributed by atoms with van der Waals surface area (Å²) in [6.07, 6.45) is 1.44. The molecule has 0 unspecified atom stereocenters. The largest absolute Gasteiger partial charge is 0.468 e. The van der Waals surface area contributed by atoms with Crippen LogP contribution in [0.15, 0.2) is 71.7 Å². The van der Waals surface area contributed by atoms with Gasteiger partial charge in [-0.2, -0.15) is 0 Å². The van der Waals surface area contributed by atoms with Crippen LogP contribution in [0, 0.1) is 17.3 Å². The second kappa shape index (κ2) is 10.8. The molecule has 1 N–H and O–H groups in total. The summed E-state index contributed by atoms with van der Waals surface area (Å²) < 4.78 is 10.9. The van der Waals surface area contributed by atoms with E-state index in [0.717, 1.165) is 10.0 Å². The minimum atomic E-state index is -1.80. The van der Waals surface area contributed by atoms with Gasteiger partial charge in [0.25, 0.3) is 5.91 Å². The average molecular weight is 528 g/mol. The van der Waals surface area contributed by atoms with Crippen molar-refractivity contribution in [2.75, 3.05) is 14.2 Å². The summed E-state index contributed by atoms with van der Waals surface area (Å²) in [5.41, 5.74) is -0.424. The molecule has 0 heterocycles. The van der Waals surface area contributed by atoms with Gasteiger partial charge in [0, 0.05) is 22.9 Å². The van der Waals surface area contributed by atoms with E-state index in [9.17, 15) is 19.2 Å². The van der Waals surface area contributed by atoms with E-state index in [1.54, 1.807) is 30.3 Å². The Morgan fingerprint density at radius 3 is 2.15 bits per heavy atom. The van der Waals surface area contributed by atoms with Crippen LogP contribution in [0.2, 0.25) is 0 Å². The van der Waals surface area contributed by atoms with Gasteiger partial charge in [-0.1, -0.05) is 64.5 Å². The molecule has 0 aliphatic heterocycles. The number of halogens is 1. The molecule has 0 bridgehead atoms. The van der Waals surface area contributed by atoms with E-state index in [-0.39, 0.29) is 13.0 Å². The first-order valence-electron chi connectivity index (χ1n) is 10.7. The van der Waals surface area contributed by atoms with Crippen LogP contribution in [0.3, 0.4) is 0 Å². The van der Waals surface area contributed by atoms with E-state index < -0.39 is 46.8 Å². The summed E-state index contributed by atoms with van der Waals surface area (Å²) in [7, 11) is 2.36. The van der Waals surface area contributed by atoms with Gasteiger partial charge in [0.05, 0.1) is 14.2 Å². The highest BCUT2D eigenvalue weighted by Crippen LogP contribution is 2.57. The number of ketones is 1. The lowest BCUT2D eigenvalue weighted by Gasteiger charge is -2.32. The molecule has 3 rings (SSSR count). The first-order valence-corrected chi connectivity index (χ1v) is 11.5. The first-order chi connectivity index (χ1) is 16.3. The van der Waals surface area contributed by atoms with Crippen molar-refractivity contribution in [3.63, 3.8) is 0 Å². The molecule has 0 aromatic heterocycles. The van der Waals surface area contributed by atoms with Gasteiger partial charge in [-0.05, 0) is 35.6 Å². The summed E-state index contributed by atoms with van der Waals surface area (Å²) in [6, 6.07) is 16.0. The van der Waals surface area contributed by atoms with E-state index in [1.807, 2.05) is 24.3 Å². The number of nitrogens with one attached hydrogen (secondary N) is 1. The van der Waals surface area contributed by atoms with Crippen molar-refractivity contribution < 1.29 is 28.7 Å². The first kappa shape index (κ1) is 25.4. The number of carbonyl (C=O) groups excluding carboxylic acids is 4. The maximum Gasteiger partial charge on any atom is 0.323 e. The second-order valence-corrected chi connectivity index (χ2v) is 9.06. The number of allylic oxidation sites excluding steroid dienone is 1. The van der Waals surface area contributed by atoms with Crippen molar-refractivity contribution in [3.8, 4) is 0 Å². The maximum atomic E-state index is 13.5. The van der Waals surface area contributed by atoms with Crippen LogP contribution in [0.1, 0.15) is 23.5 Å². The summed E-state index contributed by atoms with van der Waals surface area (Å²) in [5, 5.41) is 2.66. The zero-order valence-corrected chi connectivity index (χ0v) is 20.5. The zero-order chi connectivity index (χ0) is 24.9. The van der Waals surface area contributed by atoms with Gasteiger partial charge in [-0.3, -0.25) is 19.2 Å². The number of hydrogen-bond acceptors (Lipinski definition) is 6. The van der Waals surface area contributed by atoms with Crippen LogP contribution in [-0.2, 0) is 35.2 Å². The Bertz CT molecular complexity index is 1070. The molecular weight excluding hydrogens is 502 g/mol. The molecule has 0 radical (unpaired) electrons. The Kier molecular flexibility index (Phi) is 8.04. The lowest BCUT2D eigenvalue weighted by molar-refractivity contribution is -0.170. The Morgan fingerprint density at radius 2 is 1.62 bits per heavy atom. The van der Waals surface area contributed by atoms with Crippen LogP contribution in [-0.4, -0.2) is 37.8 Å². The molecule has 0 saturated heterocycles. The summed E-state index contributed by atoms with van der Waals surface area (Å²) in [6.45, 7) is 3.96. The molecule has 1 amide bonds.